The van der Waals surface area contributed by atoms with E-state index in [1.807, 2.05) is 4.90 Å². The van der Waals surface area contributed by atoms with Gasteiger partial charge in [0.1, 0.15) is 11.3 Å². The van der Waals surface area contributed by atoms with Crippen LogP contribution in [0.5, 0.6) is 0 Å². The SMILES string of the molecule is COCCN(CCC#N)Cc1occc1C(=O)O. The fourth-order valence-electron chi connectivity index (χ4n) is 1.56. The van der Waals surface area contributed by atoms with Crippen LogP contribution in [-0.2, 0) is 11.3 Å². The molecule has 0 bridgehead atoms. The molecule has 0 aromatic carbocycles. The van der Waals surface area contributed by atoms with Crippen molar-refractivity contribution in [1.82, 2.24) is 4.90 Å². The van der Waals surface area contributed by atoms with E-state index in [1.165, 1.54) is 12.3 Å². The molecule has 1 aromatic heterocycles. The van der Waals surface area contributed by atoms with E-state index in [4.69, 9.17) is 19.5 Å². The topological polar surface area (TPSA) is 86.7 Å². The van der Waals surface area contributed by atoms with Crippen molar-refractivity contribution in [3.63, 3.8) is 0 Å². The Balaban J connectivity index is 2.66. The lowest BCUT2D eigenvalue weighted by atomic mass is 10.2. The Hall–Kier alpha value is -1.84. The van der Waals surface area contributed by atoms with Crippen LogP contribution < -0.4 is 0 Å². The van der Waals surface area contributed by atoms with Crippen LogP contribution in [0.3, 0.4) is 0 Å². The number of nitrogens with zero attached hydrogens (tertiary/aromatic N) is 2. The minimum absolute atomic E-state index is 0.161. The molecule has 6 heteroatoms. The van der Waals surface area contributed by atoms with E-state index in [2.05, 4.69) is 6.07 Å². The predicted molar refractivity (Wildman–Crippen MR) is 63.1 cm³/mol. The molecule has 0 amide bonds. The standard InChI is InChI=1S/C12H16N2O4/c1-17-8-6-14(5-2-4-13)9-11-10(12(15)16)3-7-18-11/h3,7H,2,5-6,8-9H2,1H3,(H,15,16). The number of furan rings is 1. The maximum atomic E-state index is 10.9. The quantitative estimate of drug-likeness (QED) is 0.751. The number of hydrogen-bond donors (Lipinski definition) is 1. The highest BCUT2D eigenvalue weighted by Gasteiger charge is 2.16. The van der Waals surface area contributed by atoms with Crippen LogP contribution >= 0.6 is 0 Å². The molecule has 98 valence electrons. The average Bonchev–Trinajstić information content (AvgIpc) is 2.80. The molecule has 0 aliphatic rings. The first-order valence-electron chi connectivity index (χ1n) is 5.57. The molecule has 1 heterocycles. The van der Waals surface area contributed by atoms with E-state index in [-0.39, 0.29) is 5.56 Å². The average molecular weight is 252 g/mol. The molecule has 0 spiro atoms. The zero-order chi connectivity index (χ0) is 13.4. The smallest absolute Gasteiger partial charge is 0.339 e. The first kappa shape index (κ1) is 14.2. The van der Waals surface area contributed by atoms with Gasteiger partial charge in [-0.25, -0.2) is 4.79 Å². The minimum atomic E-state index is -1.01. The molecular formula is C12H16N2O4. The van der Waals surface area contributed by atoms with Crippen molar-refractivity contribution >= 4 is 5.97 Å². The molecule has 0 saturated heterocycles. The number of carbonyl (C=O) groups is 1. The van der Waals surface area contributed by atoms with E-state index < -0.39 is 5.97 Å². The molecule has 0 radical (unpaired) electrons. The van der Waals surface area contributed by atoms with Crippen molar-refractivity contribution in [1.29, 1.82) is 5.26 Å². The third kappa shape index (κ3) is 4.20. The first-order valence-corrected chi connectivity index (χ1v) is 5.57. The number of aromatic carboxylic acids is 1. The van der Waals surface area contributed by atoms with Gasteiger partial charge in [0.05, 0.1) is 25.5 Å². The molecule has 0 aliphatic carbocycles. The molecule has 0 fully saturated rings. The molecule has 1 N–H and O–H groups in total. The van der Waals surface area contributed by atoms with Crippen LogP contribution in [0.15, 0.2) is 16.7 Å². The summed E-state index contributed by atoms with van der Waals surface area (Å²) in [4.78, 5) is 12.9. The maximum absolute atomic E-state index is 10.9. The van der Waals surface area contributed by atoms with E-state index in [1.54, 1.807) is 7.11 Å². The van der Waals surface area contributed by atoms with Crippen molar-refractivity contribution in [2.45, 2.75) is 13.0 Å². The number of hydrogen-bond acceptors (Lipinski definition) is 5. The Kier molecular flexibility index (Phi) is 5.91. The Morgan fingerprint density at radius 1 is 1.61 bits per heavy atom. The van der Waals surface area contributed by atoms with Crippen molar-refractivity contribution in [3.8, 4) is 6.07 Å². The Bertz CT molecular complexity index is 422. The summed E-state index contributed by atoms with van der Waals surface area (Å²) in [7, 11) is 1.60. The molecule has 1 rings (SSSR count). The Morgan fingerprint density at radius 3 is 3.00 bits per heavy atom. The Morgan fingerprint density at radius 2 is 2.39 bits per heavy atom. The molecular weight excluding hydrogens is 236 g/mol. The third-order valence-electron chi connectivity index (χ3n) is 2.49. The van der Waals surface area contributed by atoms with E-state index >= 15 is 0 Å². The summed E-state index contributed by atoms with van der Waals surface area (Å²) < 4.78 is 10.1. The lowest BCUT2D eigenvalue weighted by molar-refractivity contribution is 0.0691. The van der Waals surface area contributed by atoms with Crippen molar-refractivity contribution in [3.05, 3.63) is 23.7 Å². The van der Waals surface area contributed by atoms with Crippen LogP contribution in [0.25, 0.3) is 0 Å². The number of ether oxygens (including phenoxy) is 1. The highest BCUT2D eigenvalue weighted by molar-refractivity contribution is 5.88. The van der Waals surface area contributed by atoms with Crippen LogP contribution in [0.2, 0.25) is 0 Å². The predicted octanol–water partition coefficient (Wildman–Crippen LogP) is 1.34. The summed E-state index contributed by atoms with van der Waals surface area (Å²) in [5.74, 6) is -0.609. The highest BCUT2D eigenvalue weighted by Crippen LogP contribution is 2.13. The van der Waals surface area contributed by atoms with Gasteiger partial charge in [-0.3, -0.25) is 4.90 Å². The summed E-state index contributed by atoms with van der Waals surface area (Å²) in [5, 5.41) is 17.5. The summed E-state index contributed by atoms with van der Waals surface area (Å²) >= 11 is 0. The molecule has 1 aromatic rings. The van der Waals surface area contributed by atoms with E-state index in [0.29, 0.717) is 38.4 Å². The van der Waals surface area contributed by atoms with Crippen LogP contribution in [0.4, 0.5) is 0 Å². The highest BCUT2D eigenvalue weighted by atomic mass is 16.5. The van der Waals surface area contributed by atoms with Crippen molar-refractivity contribution in [2.24, 2.45) is 0 Å². The van der Waals surface area contributed by atoms with Gasteiger partial charge in [-0.2, -0.15) is 5.26 Å². The Labute approximate surface area is 105 Å². The second-order valence-electron chi connectivity index (χ2n) is 3.74. The van der Waals surface area contributed by atoms with Crippen LogP contribution in [0.1, 0.15) is 22.5 Å². The maximum Gasteiger partial charge on any atom is 0.339 e. The van der Waals surface area contributed by atoms with Gasteiger partial charge in [0.25, 0.3) is 0 Å². The van der Waals surface area contributed by atoms with E-state index in [9.17, 15) is 4.79 Å². The summed E-state index contributed by atoms with van der Waals surface area (Å²) in [5.41, 5.74) is 0.161. The normalized spacial score (nSPS) is 10.5. The minimum Gasteiger partial charge on any atom is -0.478 e. The molecule has 0 aliphatic heterocycles. The van der Waals surface area contributed by atoms with Gasteiger partial charge in [-0.05, 0) is 6.07 Å². The number of nitriles is 1. The van der Waals surface area contributed by atoms with Gasteiger partial charge in [-0.1, -0.05) is 0 Å². The van der Waals surface area contributed by atoms with Crippen LogP contribution in [0, 0.1) is 11.3 Å². The lowest BCUT2D eigenvalue weighted by Gasteiger charge is -2.19. The molecule has 0 unspecified atom stereocenters. The number of methoxy groups -OCH3 is 1. The second kappa shape index (κ2) is 7.48. The van der Waals surface area contributed by atoms with Gasteiger partial charge in [-0.15, -0.1) is 0 Å². The van der Waals surface area contributed by atoms with Crippen molar-refractivity contribution in [2.75, 3.05) is 26.8 Å². The van der Waals surface area contributed by atoms with E-state index in [0.717, 1.165) is 0 Å². The summed E-state index contributed by atoms with van der Waals surface area (Å²) in [6, 6.07) is 3.49. The summed E-state index contributed by atoms with van der Waals surface area (Å²) in [6.45, 7) is 2.06. The van der Waals surface area contributed by atoms with Crippen molar-refractivity contribution < 1.29 is 19.1 Å². The molecule has 18 heavy (non-hydrogen) atoms. The van der Waals surface area contributed by atoms with Gasteiger partial charge < -0.3 is 14.3 Å². The van der Waals surface area contributed by atoms with Crippen LogP contribution in [-0.4, -0.2) is 42.8 Å². The molecule has 6 nitrogen and oxygen atoms in total. The van der Waals surface area contributed by atoms with Gasteiger partial charge >= 0.3 is 5.97 Å². The number of carboxylic acid groups (broad SMARTS) is 1. The van der Waals surface area contributed by atoms with Gasteiger partial charge in [0.2, 0.25) is 0 Å². The second-order valence-corrected chi connectivity index (χ2v) is 3.74. The first-order chi connectivity index (χ1) is 8.69. The summed E-state index contributed by atoms with van der Waals surface area (Å²) in [6.07, 6.45) is 1.74. The molecule has 0 saturated carbocycles. The zero-order valence-electron chi connectivity index (χ0n) is 10.3. The lowest BCUT2D eigenvalue weighted by Crippen LogP contribution is -2.28. The monoisotopic (exact) mass is 252 g/mol. The number of carboxylic acids is 1. The fourth-order valence-corrected chi connectivity index (χ4v) is 1.56. The number of rotatable bonds is 8. The fraction of sp³-hybridized carbons (Fsp3) is 0.500. The van der Waals surface area contributed by atoms with Gasteiger partial charge in [0, 0.05) is 26.6 Å². The molecule has 0 atom stereocenters. The zero-order valence-corrected chi connectivity index (χ0v) is 10.3. The van der Waals surface area contributed by atoms with Gasteiger partial charge in [0.15, 0.2) is 0 Å². The third-order valence-corrected chi connectivity index (χ3v) is 2.49. The largest absolute Gasteiger partial charge is 0.478 e.